The van der Waals surface area contributed by atoms with Crippen LogP contribution in [0.5, 0.6) is 0 Å². The zero-order valence-electron chi connectivity index (χ0n) is 12.5. The van der Waals surface area contributed by atoms with Gasteiger partial charge in [-0.05, 0) is 19.1 Å². The Balaban J connectivity index is 1.93. The largest absolute Gasteiger partial charge is 0.463 e. The number of furan rings is 1. The van der Waals surface area contributed by atoms with Gasteiger partial charge in [0.05, 0.1) is 12.0 Å². The van der Waals surface area contributed by atoms with Crippen molar-refractivity contribution in [2.24, 2.45) is 5.92 Å². The molecule has 3 aromatic rings. The Morgan fingerprint density at radius 1 is 1.45 bits per heavy atom. The fraction of sp³-hybridized carbons (Fsp3) is 0.267. The van der Waals surface area contributed by atoms with E-state index in [9.17, 15) is 4.79 Å². The fourth-order valence-corrected chi connectivity index (χ4v) is 2.68. The van der Waals surface area contributed by atoms with Crippen LogP contribution in [0.2, 0.25) is 0 Å². The lowest BCUT2D eigenvalue weighted by Gasteiger charge is -2.08. The molecular formula is C15H16N4O2S. The summed E-state index contributed by atoms with van der Waals surface area (Å²) in [5, 5.41) is 9.87. The lowest BCUT2D eigenvalue weighted by Crippen LogP contribution is -2.19. The minimum atomic E-state index is -0.0985. The van der Waals surface area contributed by atoms with Crippen molar-refractivity contribution in [1.29, 1.82) is 0 Å². The van der Waals surface area contributed by atoms with Gasteiger partial charge in [-0.2, -0.15) is 9.78 Å². The van der Waals surface area contributed by atoms with Gasteiger partial charge in [-0.25, -0.2) is 4.98 Å². The average Bonchev–Trinajstić information content (AvgIpc) is 3.17. The van der Waals surface area contributed by atoms with Gasteiger partial charge < -0.3 is 9.73 Å². The first kappa shape index (κ1) is 14.5. The van der Waals surface area contributed by atoms with Crippen LogP contribution < -0.4 is 5.32 Å². The first-order valence-electron chi connectivity index (χ1n) is 6.92. The molecule has 0 aliphatic carbocycles. The number of carbonyl (C=O) groups is 1. The summed E-state index contributed by atoms with van der Waals surface area (Å²) in [4.78, 5) is 16.4. The van der Waals surface area contributed by atoms with Crippen LogP contribution in [-0.4, -0.2) is 20.7 Å². The van der Waals surface area contributed by atoms with E-state index in [0.29, 0.717) is 16.7 Å². The fourth-order valence-electron chi connectivity index (χ4n) is 1.90. The standard InChI is InChI=1S/C15H16N4O2S/c1-9(2)14(20)17-13-7-10(3)18-19(13)15-16-11(8-22-15)12-5-4-6-21-12/h4-9H,1-3H3,(H,17,20). The number of hydrogen-bond donors (Lipinski definition) is 1. The molecule has 7 heteroatoms. The number of nitrogens with one attached hydrogen (secondary N) is 1. The molecule has 0 saturated heterocycles. The molecule has 3 rings (SSSR count). The second kappa shape index (κ2) is 5.76. The predicted octanol–water partition coefficient (Wildman–Crippen LogP) is 3.49. The number of carbonyl (C=O) groups excluding carboxylic acids is 1. The van der Waals surface area contributed by atoms with Gasteiger partial charge in [-0.3, -0.25) is 4.79 Å². The van der Waals surface area contributed by atoms with E-state index in [2.05, 4.69) is 15.4 Å². The van der Waals surface area contributed by atoms with Crippen molar-refractivity contribution in [2.45, 2.75) is 20.8 Å². The van der Waals surface area contributed by atoms with Crippen LogP contribution in [-0.2, 0) is 4.79 Å². The van der Waals surface area contributed by atoms with Crippen LogP contribution in [0.25, 0.3) is 16.6 Å². The maximum atomic E-state index is 11.9. The van der Waals surface area contributed by atoms with E-state index in [0.717, 1.165) is 11.4 Å². The minimum absolute atomic E-state index is 0.0519. The quantitative estimate of drug-likeness (QED) is 0.799. The zero-order valence-corrected chi connectivity index (χ0v) is 13.3. The minimum Gasteiger partial charge on any atom is -0.463 e. The second-order valence-corrected chi connectivity index (χ2v) is 6.06. The number of nitrogens with zero attached hydrogens (tertiary/aromatic N) is 3. The summed E-state index contributed by atoms with van der Waals surface area (Å²) in [6.45, 7) is 5.57. The van der Waals surface area contributed by atoms with Crippen LogP contribution in [0.3, 0.4) is 0 Å². The van der Waals surface area contributed by atoms with Crippen LogP contribution in [0.1, 0.15) is 19.5 Å². The van der Waals surface area contributed by atoms with Crippen molar-refractivity contribution in [1.82, 2.24) is 14.8 Å². The number of aromatic nitrogens is 3. The summed E-state index contributed by atoms with van der Waals surface area (Å²) in [7, 11) is 0. The molecule has 0 aromatic carbocycles. The molecule has 0 aliphatic heterocycles. The molecule has 0 aliphatic rings. The van der Waals surface area contributed by atoms with Crippen molar-refractivity contribution in [3.8, 4) is 16.6 Å². The van der Waals surface area contributed by atoms with Crippen molar-refractivity contribution in [3.05, 3.63) is 35.5 Å². The Kier molecular flexibility index (Phi) is 3.81. The van der Waals surface area contributed by atoms with Crippen LogP contribution in [0.15, 0.2) is 34.3 Å². The molecule has 114 valence electrons. The molecule has 22 heavy (non-hydrogen) atoms. The molecule has 3 aromatic heterocycles. The Labute approximate surface area is 131 Å². The van der Waals surface area contributed by atoms with Gasteiger partial charge in [0.1, 0.15) is 11.5 Å². The van der Waals surface area contributed by atoms with Gasteiger partial charge in [0.25, 0.3) is 0 Å². The molecule has 3 heterocycles. The Hall–Kier alpha value is -2.41. The van der Waals surface area contributed by atoms with Gasteiger partial charge in [-0.1, -0.05) is 13.8 Å². The van der Waals surface area contributed by atoms with E-state index in [4.69, 9.17) is 4.42 Å². The number of rotatable bonds is 4. The summed E-state index contributed by atoms with van der Waals surface area (Å²) >= 11 is 1.44. The van der Waals surface area contributed by atoms with E-state index in [1.165, 1.54) is 11.3 Å². The van der Waals surface area contributed by atoms with Crippen LogP contribution in [0.4, 0.5) is 5.82 Å². The summed E-state index contributed by atoms with van der Waals surface area (Å²) in [5.74, 6) is 1.18. The van der Waals surface area contributed by atoms with E-state index >= 15 is 0 Å². The Morgan fingerprint density at radius 2 is 2.27 bits per heavy atom. The van der Waals surface area contributed by atoms with Crippen LogP contribution in [0, 0.1) is 12.8 Å². The molecule has 0 atom stereocenters. The molecule has 0 radical (unpaired) electrons. The van der Waals surface area contributed by atoms with Gasteiger partial charge >= 0.3 is 0 Å². The van der Waals surface area contributed by atoms with Crippen molar-refractivity contribution in [3.63, 3.8) is 0 Å². The maximum Gasteiger partial charge on any atom is 0.228 e. The summed E-state index contributed by atoms with van der Waals surface area (Å²) in [5.41, 5.74) is 1.56. The third kappa shape index (κ3) is 2.80. The highest BCUT2D eigenvalue weighted by Gasteiger charge is 2.16. The van der Waals surface area contributed by atoms with Gasteiger partial charge in [0.15, 0.2) is 5.76 Å². The third-order valence-electron chi connectivity index (χ3n) is 3.05. The monoisotopic (exact) mass is 316 g/mol. The van der Waals surface area contributed by atoms with E-state index in [-0.39, 0.29) is 11.8 Å². The summed E-state index contributed by atoms with van der Waals surface area (Å²) in [6, 6.07) is 5.50. The topological polar surface area (TPSA) is 73.0 Å². The van der Waals surface area contributed by atoms with Crippen molar-refractivity contribution in [2.75, 3.05) is 5.32 Å². The smallest absolute Gasteiger partial charge is 0.228 e. The maximum absolute atomic E-state index is 11.9. The Morgan fingerprint density at radius 3 is 2.95 bits per heavy atom. The number of hydrogen-bond acceptors (Lipinski definition) is 5. The number of amides is 1. The van der Waals surface area contributed by atoms with E-state index in [1.807, 2.05) is 44.4 Å². The van der Waals surface area contributed by atoms with Crippen molar-refractivity contribution >= 4 is 23.1 Å². The van der Waals surface area contributed by atoms with Gasteiger partial charge in [0.2, 0.25) is 11.0 Å². The van der Waals surface area contributed by atoms with Gasteiger partial charge in [-0.15, -0.1) is 11.3 Å². The SMILES string of the molecule is Cc1cc(NC(=O)C(C)C)n(-c2nc(-c3ccco3)cs2)n1. The summed E-state index contributed by atoms with van der Waals surface area (Å²) in [6.07, 6.45) is 1.61. The molecule has 0 unspecified atom stereocenters. The lowest BCUT2D eigenvalue weighted by molar-refractivity contribution is -0.118. The lowest BCUT2D eigenvalue weighted by atomic mass is 10.2. The number of thiazole rings is 1. The Bertz CT molecular complexity index is 786. The van der Waals surface area contributed by atoms with E-state index in [1.54, 1.807) is 10.9 Å². The second-order valence-electron chi connectivity index (χ2n) is 5.22. The third-order valence-corrected chi connectivity index (χ3v) is 3.87. The highest BCUT2D eigenvalue weighted by molar-refractivity contribution is 7.12. The highest BCUT2D eigenvalue weighted by Crippen LogP contribution is 2.26. The highest BCUT2D eigenvalue weighted by atomic mass is 32.1. The first-order chi connectivity index (χ1) is 10.5. The first-order valence-corrected chi connectivity index (χ1v) is 7.80. The normalized spacial score (nSPS) is 11.1. The zero-order chi connectivity index (χ0) is 15.7. The molecule has 0 fully saturated rings. The van der Waals surface area contributed by atoms with Gasteiger partial charge in [0, 0.05) is 17.4 Å². The van der Waals surface area contributed by atoms with Crippen molar-refractivity contribution < 1.29 is 9.21 Å². The van der Waals surface area contributed by atoms with Crippen LogP contribution >= 0.6 is 11.3 Å². The molecule has 6 nitrogen and oxygen atoms in total. The molecule has 0 bridgehead atoms. The number of aryl methyl sites for hydroxylation is 1. The molecule has 0 saturated carbocycles. The number of anilines is 1. The van der Waals surface area contributed by atoms with E-state index < -0.39 is 0 Å². The molecule has 1 N–H and O–H groups in total. The molecule has 0 spiro atoms. The molecule has 1 amide bonds. The average molecular weight is 316 g/mol. The predicted molar refractivity (Wildman–Crippen MR) is 85.1 cm³/mol. The molecular weight excluding hydrogens is 300 g/mol. The summed E-state index contributed by atoms with van der Waals surface area (Å²) < 4.78 is 6.99.